The van der Waals surface area contributed by atoms with Gasteiger partial charge < -0.3 is 10.1 Å². The molecule has 1 atom stereocenters. The lowest BCUT2D eigenvalue weighted by Crippen LogP contribution is -2.33. The van der Waals surface area contributed by atoms with Gasteiger partial charge >= 0.3 is 0 Å². The summed E-state index contributed by atoms with van der Waals surface area (Å²) >= 11 is 3.62. The predicted molar refractivity (Wildman–Crippen MR) is 98.0 cm³/mol. The van der Waals surface area contributed by atoms with Crippen LogP contribution in [0.4, 0.5) is 0 Å². The minimum absolute atomic E-state index is 0.212. The van der Waals surface area contributed by atoms with E-state index in [4.69, 9.17) is 4.74 Å². The van der Waals surface area contributed by atoms with Gasteiger partial charge in [0, 0.05) is 29.7 Å². The van der Waals surface area contributed by atoms with E-state index in [0.717, 1.165) is 36.4 Å². The largest absolute Gasteiger partial charge is 0.496 e. The van der Waals surface area contributed by atoms with E-state index >= 15 is 0 Å². The van der Waals surface area contributed by atoms with Crippen LogP contribution in [0.3, 0.4) is 0 Å². The Kier molecular flexibility index (Phi) is 5.70. The Morgan fingerprint density at radius 1 is 1.09 bits per heavy atom. The Labute approximate surface area is 146 Å². The molecule has 0 aromatic heterocycles. The van der Waals surface area contributed by atoms with Crippen LogP contribution in [-0.4, -0.2) is 38.2 Å². The molecular weight excluding hydrogens is 352 g/mol. The van der Waals surface area contributed by atoms with E-state index in [1.54, 1.807) is 7.11 Å². The molecule has 1 saturated heterocycles. The fourth-order valence-electron chi connectivity index (χ4n) is 3.27. The average molecular weight is 375 g/mol. The molecule has 122 valence electrons. The van der Waals surface area contributed by atoms with E-state index in [0.29, 0.717) is 0 Å². The summed E-state index contributed by atoms with van der Waals surface area (Å²) in [7, 11) is 1.75. The van der Waals surface area contributed by atoms with E-state index in [2.05, 4.69) is 62.5 Å². The Hall–Kier alpha value is -1.36. The molecule has 2 aromatic rings. The molecule has 3 rings (SSSR count). The second-order valence-corrected chi connectivity index (χ2v) is 6.75. The lowest BCUT2D eigenvalue weighted by atomic mass is 9.96. The number of rotatable bonds is 4. The highest BCUT2D eigenvalue weighted by Gasteiger charge is 2.26. The molecule has 0 bridgehead atoms. The van der Waals surface area contributed by atoms with Crippen LogP contribution in [0.2, 0.25) is 0 Å². The van der Waals surface area contributed by atoms with Crippen LogP contribution < -0.4 is 10.1 Å². The van der Waals surface area contributed by atoms with Crippen molar-refractivity contribution in [1.29, 1.82) is 0 Å². The van der Waals surface area contributed by atoms with Crippen molar-refractivity contribution in [3.05, 3.63) is 64.1 Å². The lowest BCUT2D eigenvalue weighted by molar-refractivity contribution is 0.236. The maximum absolute atomic E-state index is 5.66. The Morgan fingerprint density at radius 3 is 2.70 bits per heavy atom. The van der Waals surface area contributed by atoms with Crippen molar-refractivity contribution < 1.29 is 4.74 Å². The second kappa shape index (κ2) is 7.95. The van der Waals surface area contributed by atoms with Gasteiger partial charge in [0.25, 0.3) is 0 Å². The Balaban J connectivity index is 2.06. The SMILES string of the molecule is COc1ccc(Br)cc1C(c1ccccc1)N1CCCNCC1. The molecule has 0 saturated carbocycles. The molecule has 1 N–H and O–H groups in total. The van der Waals surface area contributed by atoms with Crippen molar-refractivity contribution >= 4 is 15.9 Å². The quantitative estimate of drug-likeness (QED) is 0.879. The molecule has 4 heteroatoms. The molecule has 3 nitrogen and oxygen atoms in total. The van der Waals surface area contributed by atoms with Crippen molar-refractivity contribution in [3.63, 3.8) is 0 Å². The zero-order chi connectivity index (χ0) is 16.1. The summed E-state index contributed by atoms with van der Waals surface area (Å²) in [5.41, 5.74) is 2.53. The monoisotopic (exact) mass is 374 g/mol. The first kappa shape index (κ1) is 16.5. The smallest absolute Gasteiger partial charge is 0.124 e. The van der Waals surface area contributed by atoms with Crippen molar-refractivity contribution in [2.75, 3.05) is 33.3 Å². The molecule has 1 fully saturated rings. The molecule has 1 heterocycles. The van der Waals surface area contributed by atoms with Gasteiger partial charge in [-0.05, 0) is 36.7 Å². The van der Waals surface area contributed by atoms with E-state index < -0.39 is 0 Å². The first-order valence-corrected chi connectivity index (χ1v) is 8.92. The lowest BCUT2D eigenvalue weighted by Gasteiger charge is -2.32. The molecular formula is C19H23BrN2O. The van der Waals surface area contributed by atoms with Crippen LogP contribution in [0.25, 0.3) is 0 Å². The third-order valence-electron chi connectivity index (χ3n) is 4.34. The maximum atomic E-state index is 5.66. The van der Waals surface area contributed by atoms with Gasteiger partial charge in [-0.25, -0.2) is 0 Å². The molecule has 1 unspecified atom stereocenters. The topological polar surface area (TPSA) is 24.5 Å². The van der Waals surface area contributed by atoms with Crippen molar-refractivity contribution in [2.24, 2.45) is 0 Å². The Bertz CT molecular complexity index is 625. The minimum atomic E-state index is 0.212. The molecule has 1 aliphatic rings. The van der Waals surface area contributed by atoms with Crippen molar-refractivity contribution in [3.8, 4) is 5.75 Å². The summed E-state index contributed by atoms with van der Waals surface area (Å²) in [6.45, 7) is 4.24. The van der Waals surface area contributed by atoms with Gasteiger partial charge in [0.05, 0.1) is 13.2 Å². The average Bonchev–Trinajstić information content (AvgIpc) is 2.86. The molecule has 0 spiro atoms. The molecule has 1 aliphatic heterocycles. The van der Waals surface area contributed by atoms with E-state index in [1.807, 2.05) is 12.1 Å². The summed E-state index contributed by atoms with van der Waals surface area (Å²) in [4.78, 5) is 2.56. The van der Waals surface area contributed by atoms with Crippen LogP contribution >= 0.6 is 15.9 Å². The third-order valence-corrected chi connectivity index (χ3v) is 4.83. The molecule has 23 heavy (non-hydrogen) atoms. The van der Waals surface area contributed by atoms with Crippen LogP contribution in [0.1, 0.15) is 23.6 Å². The Morgan fingerprint density at radius 2 is 1.91 bits per heavy atom. The summed E-state index contributed by atoms with van der Waals surface area (Å²) < 4.78 is 6.75. The van der Waals surface area contributed by atoms with E-state index in [9.17, 15) is 0 Å². The molecule has 0 radical (unpaired) electrons. The number of hydrogen-bond acceptors (Lipinski definition) is 3. The van der Waals surface area contributed by atoms with Gasteiger partial charge in [0.2, 0.25) is 0 Å². The molecule has 2 aromatic carbocycles. The number of ether oxygens (including phenoxy) is 1. The van der Waals surface area contributed by atoms with Gasteiger partial charge in [0.1, 0.15) is 5.75 Å². The zero-order valence-electron chi connectivity index (χ0n) is 13.5. The summed E-state index contributed by atoms with van der Waals surface area (Å²) in [6.07, 6.45) is 1.17. The van der Waals surface area contributed by atoms with Gasteiger partial charge in [-0.2, -0.15) is 0 Å². The fraction of sp³-hybridized carbons (Fsp3) is 0.368. The summed E-state index contributed by atoms with van der Waals surface area (Å²) in [6, 6.07) is 17.2. The predicted octanol–water partition coefficient (Wildman–Crippen LogP) is 3.84. The first-order chi connectivity index (χ1) is 11.3. The highest BCUT2D eigenvalue weighted by Crippen LogP contribution is 2.36. The summed E-state index contributed by atoms with van der Waals surface area (Å²) in [5.74, 6) is 0.944. The normalized spacial score (nSPS) is 17.5. The third kappa shape index (κ3) is 3.94. The van der Waals surface area contributed by atoms with Gasteiger partial charge in [-0.15, -0.1) is 0 Å². The number of nitrogens with zero attached hydrogens (tertiary/aromatic N) is 1. The fourth-order valence-corrected chi connectivity index (χ4v) is 3.64. The van der Waals surface area contributed by atoms with E-state index in [-0.39, 0.29) is 6.04 Å². The van der Waals surface area contributed by atoms with Gasteiger partial charge in [0.15, 0.2) is 0 Å². The van der Waals surface area contributed by atoms with E-state index in [1.165, 1.54) is 17.5 Å². The van der Waals surface area contributed by atoms with Crippen molar-refractivity contribution in [1.82, 2.24) is 10.2 Å². The van der Waals surface area contributed by atoms with Crippen LogP contribution in [0.15, 0.2) is 53.0 Å². The number of halogens is 1. The molecule has 0 amide bonds. The first-order valence-electron chi connectivity index (χ1n) is 8.13. The van der Waals surface area contributed by atoms with Crippen LogP contribution in [0, 0.1) is 0 Å². The standard InChI is InChI=1S/C19H23BrN2O/c1-23-18-9-8-16(20)14-17(18)19(15-6-3-2-4-7-15)22-12-5-10-21-11-13-22/h2-4,6-9,14,19,21H,5,10-13H2,1H3. The van der Waals surface area contributed by atoms with Crippen LogP contribution in [0.5, 0.6) is 5.75 Å². The number of nitrogens with one attached hydrogen (secondary N) is 1. The maximum Gasteiger partial charge on any atom is 0.124 e. The highest BCUT2D eigenvalue weighted by atomic mass is 79.9. The molecule has 0 aliphatic carbocycles. The number of hydrogen-bond donors (Lipinski definition) is 1. The summed E-state index contributed by atoms with van der Waals surface area (Å²) in [5, 5.41) is 3.49. The minimum Gasteiger partial charge on any atom is -0.496 e. The van der Waals surface area contributed by atoms with Gasteiger partial charge in [-0.3, -0.25) is 4.90 Å². The zero-order valence-corrected chi connectivity index (χ0v) is 15.1. The number of benzene rings is 2. The highest BCUT2D eigenvalue weighted by molar-refractivity contribution is 9.10. The number of methoxy groups -OCH3 is 1. The second-order valence-electron chi connectivity index (χ2n) is 5.84. The van der Waals surface area contributed by atoms with Gasteiger partial charge in [-0.1, -0.05) is 46.3 Å². The van der Waals surface area contributed by atoms with Crippen molar-refractivity contribution in [2.45, 2.75) is 12.5 Å². The van der Waals surface area contributed by atoms with Crippen LogP contribution in [-0.2, 0) is 0 Å².